The molecule has 1 aromatic carbocycles. The molecule has 1 aliphatic rings. The molecule has 0 fully saturated rings. The van der Waals surface area contributed by atoms with E-state index in [1.54, 1.807) is 18.0 Å². The van der Waals surface area contributed by atoms with Gasteiger partial charge in [0.25, 0.3) is 0 Å². The molecule has 1 aliphatic heterocycles. The van der Waals surface area contributed by atoms with Crippen molar-refractivity contribution >= 4 is 23.3 Å². The molecular formula is C14H14O3S. The third-order valence-electron chi connectivity index (χ3n) is 2.64. The Balaban J connectivity index is 2.18. The lowest BCUT2D eigenvalue weighted by Gasteiger charge is -2.20. The number of methoxy groups -OCH3 is 1. The number of hydrogen-bond acceptors (Lipinski definition) is 4. The fourth-order valence-corrected chi connectivity index (χ4v) is 2.58. The second kappa shape index (κ2) is 5.78. The van der Waals surface area contributed by atoms with Crippen LogP contribution in [0, 0.1) is 0 Å². The fourth-order valence-electron chi connectivity index (χ4n) is 1.68. The van der Waals surface area contributed by atoms with Gasteiger partial charge in [0.2, 0.25) is 0 Å². The van der Waals surface area contributed by atoms with Crippen LogP contribution in [-0.4, -0.2) is 19.7 Å². The van der Waals surface area contributed by atoms with Crippen molar-refractivity contribution in [2.75, 3.05) is 13.7 Å². The molecule has 0 bridgehead atoms. The lowest BCUT2D eigenvalue weighted by molar-refractivity contribution is -0.143. The number of hydrogen-bond donors (Lipinski definition) is 0. The Bertz CT molecular complexity index is 506. The van der Waals surface area contributed by atoms with Gasteiger partial charge in [-0.25, -0.2) is 4.79 Å². The van der Waals surface area contributed by atoms with Crippen LogP contribution in [0.2, 0.25) is 0 Å². The van der Waals surface area contributed by atoms with Gasteiger partial charge in [-0.05, 0) is 11.1 Å². The molecule has 0 atom stereocenters. The summed E-state index contributed by atoms with van der Waals surface area (Å²) in [5, 5.41) is 0. The average molecular weight is 262 g/mol. The Morgan fingerprint density at radius 2 is 2.28 bits per heavy atom. The summed E-state index contributed by atoms with van der Waals surface area (Å²) >= 11 is 1.67. The molecule has 0 N–H and O–H groups in total. The predicted molar refractivity (Wildman–Crippen MR) is 72.8 cm³/mol. The Kier molecular flexibility index (Phi) is 4.10. The smallest absolute Gasteiger partial charge is 0.343 e. The van der Waals surface area contributed by atoms with E-state index in [2.05, 4.69) is 17.4 Å². The average Bonchev–Trinajstić information content (AvgIpc) is 2.41. The number of allylic oxidation sites excluding steroid dienone is 1. The van der Waals surface area contributed by atoms with Crippen LogP contribution in [0.3, 0.4) is 0 Å². The Hall–Kier alpha value is -1.68. The van der Waals surface area contributed by atoms with Gasteiger partial charge in [0, 0.05) is 16.2 Å². The third-order valence-corrected chi connectivity index (χ3v) is 3.66. The van der Waals surface area contributed by atoms with Gasteiger partial charge in [0.05, 0.1) is 13.4 Å². The van der Waals surface area contributed by atoms with Crippen molar-refractivity contribution in [1.82, 2.24) is 0 Å². The van der Waals surface area contributed by atoms with Gasteiger partial charge >= 0.3 is 5.97 Å². The van der Waals surface area contributed by atoms with Gasteiger partial charge in [0.15, 0.2) is 6.61 Å². The Morgan fingerprint density at radius 3 is 3.06 bits per heavy atom. The molecule has 3 nitrogen and oxygen atoms in total. The first kappa shape index (κ1) is 12.8. The van der Waals surface area contributed by atoms with Gasteiger partial charge in [0.1, 0.15) is 0 Å². The van der Waals surface area contributed by atoms with E-state index in [-0.39, 0.29) is 6.61 Å². The minimum Gasteiger partial charge on any atom is -0.489 e. The molecule has 94 valence electrons. The SMILES string of the molecule is C=C1SCc2ccccc2/C1=C\OCC(=O)OC. The summed E-state index contributed by atoms with van der Waals surface area (Å²) in [5.74, 6) is 0.526. The summed E-state index contributed by atoms with van der Waals surface area (Å²) in [6, 6.07) is 8.12. The highest BCUT2D eigenvalue weighted by Gasteiger charge is 2.17. The van der Waals surface area contributed by atoms with E-state index in [4.69, 9.17) is 4.74 Å². The molecule has 0 aliphatic carbocycles. The molecule has 0 saturated heterocycles. The van der Waals surface area contributed by atoms with E-state index >= 15 is 0 Å². The van der Waals surface area contributed by atoms with Gasteiger partial charge in [-0.15, -0.1) is 11.8 Å². The van der Waals surface area contributed by atoms with E-state index < -0.39 is 5.97 Å². The number of benzene rings is 1. The van der Waals surface area contributed by atoms with Crippen molar-refractivity contribution in [3.8, 4) is 0 Å². The minimum absolute atomic E-state index is 0.0832. The molecule has 0 unspecified atom stereocenters. The van der Waals surface area contributed by atoms with Gasteiger partial charge in [-0.1, -0.05) is 30.8 Å². The molecule has 4 heteroatoms. The first-order chi connectivity index (χ1) is 8.72. The standard InChI is InChI=1S/C14H14O3S/c1-10-13(7-17-8-14(15)16-2)12-6-4-3-5-11(12)9-18-10/h3-7H,1,8-9H2,2H3/b13-7-. The first-order valence-electron chi connectivity index (χ1n) is 5.51. The number of rotatable bonds is 3. The molecule has 1 aromatic rings. The summed E-state index contributed by atoms with van der Waals surface area (Å²) in [4.78, 5) is 11.9. The molecule has 0 saturated carbocycles. The Morgan fingerprint density at radius 1 is 1.50 bits per heavy atom. The van der Waals surface area contributed by atoms with Crippen LogP contribution < -0.4 is 0 Å². The normalized spacial score (nSPS) is 16.3. The van der Waals surface area contributed by atoms with Gasteiger partial charge < -0.3 is 9.47 Å². The molecule has 0 radical (unpaired) electrons. The van der Waals surface area contributed by atoms with Crippen molar-refractivity contribution in [2.45, 2.75) is 5.75 Å². The number of ether oxygens (including phenoxy) is 2. The molecule has 18 heavy (non-hydrogen) atoms. The number of carbonyl (C=O) groups is 1. The molecule has 0 amide bonds. The van der Waals surface area contributed by atoms with Crippen LogP contribution in [-0.2, 0) is 20.0 Å². The highest BCUT2D eigenvalue weighted by atomic mass is 32.2. The second-order valence-electron chi connectivity index (χ2n) is 3.79. The molecule has 0 spiro atoms. The van der Waals surface area contributed by atoms with Crippen molar-refractivity contribution in [1.29, 1.82) is 0 Å². The monoisotopic (exact) mass is 262 g/mol. The zero-order valence-corrected chi connectivity index (χ0v) is 11.0. The van der Waals surface area contributed by atoms with Crippen LogP contribution in [0.25, 0.3) is 5.57 Å². The maximum absolute atomic E-state index is 11.0. The largest absolute Gasteiger partial charge is 0.489 e. The quantitative estimate of drug-likeness (QED) is 0.619. The van der Waals surface area contributed by atoms with Gasteiger partial charge in [-0.2, -0.15) is 0 Å². The van der Waals surface area contributed by atoms with Crippen molar-refractivity contribution < 1.29 is 14.3 Å². The van der Waals surface area contributed by atoms with Crippen LogP contribution in [0.5, 0.6) is 0 Å². The van der Waals surface area contributed by atoms with E-state index in [9.17, 15) is 4.79 Å². The van der Waals surface area contributed by atoms with Crippen molar-refractivity contribution in [3.05, 3.63) is 53.1 Å². The number of thioether (sulfide) groups is 1. The zero-order chi connectivity index (χ0) is 13.0. The van der Waals surface area contributed by atoms with Crippen LogP contribution in [0.15, 0.2) is 42.0 Å². The maximum Gasteiger partial charge on any atom is 0.343 e. The second-order valence-corrected chi connectivity index (χ2v) is 4.86. The fraction of sp³-hybridized carbons (Fsp3) is 0.214. The minimum atomic E-state index is -0.394. The van der Waals surface area contributed by atoms with Crippen LogP contribution in [0.4, 0.5) is 0 Å². The van der Waals surface area contributed by atoms with E-state index in [1.807, 2.05) is 18.2 Å². The van der Waals surface area contributed by atoms with E-state index in [0.29, 0.717) is 0 Å². The summed E-state index contributed by atoms with van der Waals surface area (Å²) < 4.78 is 9.76. The van der Waals surface area contributed by atoms with E-state index in [1.165, 1.54) is 12.7 Å². The summed E-state index contributed by atoms with van der Waals surface area (Å²) in [5.41, 5.74) is 3.31. The van der Waals surface area contributed by atoms with Crippen molar-refractivity contribution in [3.63, 3.8) is 0 Å². The highest BCUT2D eigenvalue weighted by molar-refractivity contribution is 8.03. The molecule has 1 heterocycles. The summed E-state index contributed by atoms with van der Waals surface area (Å²) in [6.45, 7) is 3.93. The van der Waals surface area contributed by atoms with Crippen LogP contribution in [0.1, 0.15) is 11.1 Å². The third kappa shape index (κ3) is 2.76. The lowest BCUT2D eigenvalue weighted by Crippen LogP contribution is -2.08. The summed E-state index contributed by atoms with van der Waals surface area (Å²) in [6.07, 6.45) is 1.59. The zero-order valence-electron chi connectivity index (χ0n) is 10.1. The van der Waals surface area contributed by atoms with E-state index in [0.717, 1.165) is 21.8 Å². The number of esters is 1. The number of carbonyl (C=O) groups excluding carboxylic acids is 1. The topological polar surface area (TPSA) is 35.5 Å². The first-order valence-corrected chi connectivity index (χ1v) is 6.50. The maximum atomic E-state index is 11.0. The molecular weight excluding hydrogens is 248 g/mol. The van der Waals surface area contributed by atoms with Gasteiger partial charge in [-0.3, -0.25) is 0 Å². The van der Waals surface area contributed by atoms with Crippen molar-refractivity contribution in [2.24, 2.45) is 0 Å². The Labute approximate surface area is 110 Å². The molecule has 2 rings (SSSR count). The number of fused-ring (bicyclic) bond motifs is 1. The lowest BCUT2D eigenvalue weighted by atomic mass is 10.0. The predicted octanol–water partition coefficient (Wildman–Crippen LogP) is 2.98. The summed E-state index contributed by atoms with van der Waals surface area (Å²) in [7, 11) is 1.34. The van der Waals surface area contributed by atoms with Crippen LogP contribution >= 0.6 is 11.8 Å². The highest BCUT2D eigenvalue weighted by Crippen LogP contribution is 2.40. The molecule has 0 aromatic heterocycles.